The van der Waals surface area contributed by atoms with Crippen molar-refractivity contribution in [2.75, 3.05) is 14.2 Å². The van der Waals surface area contributed by atoms with E-state index in [2.05, 4.69) is 5.43 Å². The van der Waals surface area contributed by atoms with E-state index in [1.807, 2.05) is 0 Å². The normalized spacial score (nSPS) is 9.80. The molecule has 0 bridgehead atoms. The molecule has 0 aliphatic rings. The van der Waals surface area contributed by atoms with Crippen molar-refractivity contribution in [3.63, 3.8) is 0 Å². The Hall–Kier alpha value is -1.59. The summed E-state index contributed by atoms with van der Waals surface area (Å²) in [6.07, 6.45) is 0. The molecule has 5 heteroatoms. The van der Waals surface area contributed by atoms with Crippen LogP contribution in [0.25, 0.3) is 0 Å². The molecule has 0 heterocycles. The van der Waals surface area contributed by atoms with Crippen molar-refractivity contribution in [2.24, 2.45) is 5.84 Å². The second-order valence-electron chi connectivity index (χ2n) is 2.93. The van der Waals surface area contributed by atoms with Crippen LogP contribution in [0.4, 0.5) is 0 Å². The monoisotopic (exact) mass is 210 g/mol. The van der Waals surface area contributed by atoms with Gasteiger partial charge in [0, 0.05) is 18.2 Å². The third kappa shape index (κ3) is 2.68. The Balaban J connectivity index is 3.04. The fraction of sp³-hybridized carbons (Fsp3) is 0.300. The zero-order valence-corrected chi connectivity index (χ0v) is 8.74. The molecule has 0 fully saturated rings. The molecule has 0 aliphatic heterocycles. The Kier molecular flexibility index (Phi) is 4.08. The standard InChI is InChI=1S/C10H14N2O3/c1-14-6-8-5-7(10(13)12-11)3-4-9(8)15-2/h3-5H,6,11H2,1-2H3,(H,12,13). The summed E-state index contributed by atoms with van der Waals surface area (Å²) in [4.78, 5) is 11.3. The Morgan fingerprint density at radius 1 is 1.47 bits per heavy atom. The first kappa shape index (κ1) is 11.5. The second kappa shape index (κ2) is 5.33. The summed E-state index contributed by atoms with van der Waals surface area (Å²) in [6.45, 7) is 0.384. The number of methoxy groups -OCH3 is 2. The predicted molar refractivity (Wildman–Crippen MR) is 55.4 cm³/mol. The number of rotatable bonds is 4. The fourth-order valence-corrected chi connectivity index (χ4v) is 1.27. The smallest absolute Gasteiger partial charge is 0.265 e. The van der Waals surface area contributed by atoms with Crippen LogP contribution in [0.1, 0.15) is 15.9 Å². The summed E-state index contributed by atoms with van der Waals surface area (Å²) in [7, 11) is 3.15. The molecule has 15 heavy (non-hydrogen) atoms. The number of carbonyl (C=O) groups excluding carboxylic acids is 1. The van der Waals surface area contributed by atoms with E-state index >= 15 is 0 Å². The maximum absolute atomic E-state index is 11.3. The van der Waals surface area contributed by atoms with E-state index in [-0.39, 0.29) is 5.91 Å². The number of ether oxygens (including phenoxy) is 2. The summed E-state index contributed by atoms with van der Waals surface area (Å²) in [5, 5.41) is 0. The minimum Gasteiger partial charge on any atom is -0.496 e. The molecule has 1 aromatic rings. The van der Waals surface area contributed by atoms with Gasteiger partial charge in [-0.05, 0) is 18.2 Å². The van der Waals surface area contributed by atoms with Crippen molar-refractivity contribution in [1.29, 1.82) is 0 Å². The first-order chi connectivity index (χ1) is 7.22. The number of hydrazine groups is 1. The van der Waals surface area contributed by atoms with Crippen LogP contribution >= 0.6 is 0 Å². The molecule has 1 rings (SSSR count). The van der Waals surface area contributed by atoms with Crippen LogP contribution in [-0.4, -0.2) is 20.1 Å². The van der Waals surface area contributed by atoms with Gasteiger partial charge in [-0.3, -0.25) is 10.2 Å². The highest BCUT2D eigenvalue weighted by molar-refractivity contribution is 5.94. The van der Waals surface area contributed by atoms with Gasteiger partial charge in [-0.1, -0.05) is 0 Å². The number of nitrogen functional groups attached to an aromatic ring is 1. The lowest BCUT2D eigenvalue weighted by Crippen LogP contribution is -2.30. The van der Waals surface area contributed by atoms with Gasteiger partial charge in [0.25, 0.3) is 5.91 Å². The van der Waals surface area contributed by atoms with Gasteiger partial charge in [0.1, 0.15) is 5.75 Å². The van der Waals surface area contributed by atoms with E-state index in [1.54, 1.807) is 32.4 Å². The third-order valence-electron chi connectivity index (χ3n) is 1.97. The van der Waals surface area contributed by atoms with Gasteiger partial charge < -0.3 is 9.47 Å². The molecular weight excluding hydrogens is 196 g/mol. The average Bonchev–Trinajstić information content (AvgIpc) is 2.28. The molecule has 0 saturated carbocycles. The number of hydrogen-bond donors (Lipinski definition) is 2. The topological polar surface area (TPSA) is 73.6 Å². The largest absolute Gasteiger partial charge is 0.496 e. The van der Waals surface area contributed by atoms with Crippen LogP contribution in [0.15, 0.2) is 18.2 Å². The van der Waals surface area contributed by atoms with Gasteiger partial charge in [-0.2, -0.15) is 0 Å². The maximum atomic E-state index is 11.3. The highest BCUT2D eigenvalue weighted by Gasteiger charge is 2.08. The van der Waals surface area contributed by atoms with Crippen LogP contribution in [-0.2, 0) is 11.3 Å². The van der Waals surface area contributed by atoms with Crippen molar-refractivity contribution >= 4 is 5.91 Å². The van der Waals surface area contributed by atoms with E-state index in [1.165, 1.54) is 0 Å². The molecule has 5 nitrogen and oxygen atoms in total. The Bertz CT molecular complexity index is 353. The maximum Gasteiger partial charge on any atom is 0.265 e. The Labute approximate surface area is 88.1 Å². The summed E-state index contributed by atoms with van der Waals surface area (Å²) in [5.74, 6) is 5.38. The molecule has 0 atom stereocenters. The lowest BCUT2D eigenvalue weighted by molar-refractivity contribution is 0.0953. The van der Waals surface area contributed by atoms with Gasteiger partial charge in [0.2, 0.25) is 0 Å². The summed E-state index contributed by atoms with van der Waals surface area (Å²) in [5.41, 5.74) is 3.35. The summed E-state index contributed by atoms with van der Waals surface area (Å²) < 4.78 is 10.1. The molecule has 0 saturated heterocycles. The number of amides is 1. The predicted octanol–water partition coefficient (Wildman–Crippen LogP) is 0.445. The van der Waals surface area contributed by atoms with Crippen molar-refractivity contribution < 1.29 is 14.3 Å². The highest BCUT2D eigenvalue weighted by Crippen LogP contribution is 2.20. The summed E-state index contributed by atoms with van der Waals surface area (Å²) >= 11 is 0. The van der Waals surface area contributed by atoms with E-state index in [4.69, 9.17) is 15.3 Å². The number of carbonyl (C=O) groups is 1. The van der Waals surface area contributed by atoms with E-state index in [0.29, 0.717) is 17.9 Å². The van der Waals surface area contributed by atoms with Crippen molar-refractivity contribution in [1.82, 2.24) is 5.43 Å². The molecule has 0 unspecified atom stereocenters. The van der Waals surface area contributed by atoms with E-state index in [9.17, 15) is 4.79 Å². The van der Waals surface area contributed by atoms with Crippen LogP contribution in [0.2, 0.25) is 0 Å². The minimum absolute atomic E-state index is 0.338. The second-order valence-corrected chi connectivity index (χ2v) is 2.93. The first-order valence-corrected chi connectivity index (χ1v) is 4.39. The average molecular weight is 210 g/mol. The summed E-state index contributed by atoms with van der Waals surface area (Å²) in [6, 6.07) is 5.03. The quantitative estimate of drug-likeness (QED) is 0.430. The van der Waals surface area contributed by atoms with Gasteiger partial charge in [-0.15, -0.1) is 0 Å². The first-order valence-electron chi connectivity index (χ1n) is 4.39. The molecule has 1 aromatic carbocycles. The van der Waals surface area contributed by atoms with Crippen molar-refractivity contribution in [3.05, 3.63) is 29.3 Å². The van der Waals surface area contributed by atoms with Crippen LogP contribution in [0.3, 0.4) is 0 Å². The molecule has 82 valence electrons. The van der Waals surface area contributed by atoms with Gasteiger partial charge in [0.15, 0.2) is 0 Å². The van der Waals surface area contributed by atoms with Crippen LogP contribution < -0.4 is 16.0 Å². The van der Waals surface area contributed by atoms with Crippen molar-refractivity contribution in [3.8, 4) is 5.75 Å². The number of benzene rings is 1. The van der Waals surface area contributed by atoms with Gasteiger partial charge in [0.05, 0.1) is 13.7 Å². The molecule has 0 aromatic heterocycles. The Morgan fingerprint density at radius 2 is 2.20 bits per heavy atom. The van der Waals surface area contributed by atoms with Gasteiger partial charge in [-0.25, -0.2) is 5.84 Å². The number of nitrogens with two attached hydrogens (primary N) is 1. The molecule has 0 radical (unpaired) electrons. The third-order valence-corrected chi connectivity index (χ3v) is 1.97. The molecule has 0 aliphatic carbocycles. The van der Waals surface area contributed by atoms with Crippen LogP contribution in [0.5, 0.6) is 5.75 Å². The zero-order valence-electron chi connectivity index (χ0n) is 8.74. The van der Waals surface area contributed by atoms with Crippen molar-refractivity contribution in [2.45, 2.75) is 6.61 Å². The zero-order chi connectivity index (χ0) is 11.3. The molecule has 3 N–H and O–H groups in total. The van der Waals surface area contributed by atoms with Crippen LogP contribution in [0, 0.1) is 0 Å². The van der Waals surface area contributed by atoms with E-state index < -0.39 is 0 Å². The lowest BCUT2D eigenvalue weighted by atomic mass is 10.1. The fourth-order valence-electron chi connectivity index (χ4n) is 1.27. The lowest BCUT2D eigenvalue weighted by Gasteiger charge is -2.09. The molecule has 1 amide bonds. The number of nitrogens with one attached hydrogen (secondary N) is 1. The molecular formula is C10H14N2O3. The SMILES string of the molecule is COCc1cc(C(=O)NN)ccc1OC. The van der Waals surface area contributed by atoms with E-state index in [0.717, 1.165) is 5.56 Å². The molecule has 0 spiro atoms. The highest BCUT2D eigenvalue weighted by atomic mass is 16.5. The van der Waals surface area contributed by atoms with Gasteiger partial charge >= 0.3 is 0 Å². The Morgan fingerprint density at radius 3 is 2.73 bits per heavy atom. The minimum atomic E-state index is -0.338. The number of hydrogen-bond acceptors (Lipinski definition) is 4.